The largest absolute Gasteiger partial charge is 0.462 e. The van der Waals surface area contributed by atoms with Gasteiger partial charge in [0.05, 0.1) is 0 Å². The Bertz CT molecular complexity index is 1520. The van der Waals surface area contributed by atoms with E-state index in [4.69, 9.17) is 14.2 Å². The summed E-state index contributed by atoms with van der Waals surface area (Å²) in [5.74, 6) is -0.972. The third-order valence-corrected chi connectivity index (χ3v) is 13.2. The summed E-state index contributed by atoms with van der Waals surface area (Å²) < 4.78 is 16.9. The zero-order valence-corrected chi connectivity index (χ0v) is 49.0. The Kier molecular flexibility index (Phi) is 59.3. The molecule has 0 saturated carbocycles. The Morgan fingerprint density at radius 2 is 0.533 bits per heavy atom. The van der Waals surface area contributed by atoms with E-state index < -0.39 is 6.10 Å². The number of rotatable bonds is 56. The highest BCUT2D eigenvalue weighted by Gasteiger charge is 2.19. The maximum Gasteiger partial charge on any atom is 0.306 e. The molecule has 0 heterocycles. The molecule has 0 amide bonds. The fraction of sp³-hybridized carbons (Fsp3) is 0.696. The number of hydrogen-bond acceptors (Lipinski definition) is 6. The second kappa shape index (κ2) is 62.6. The molecule has 1 atom stereocenters. The second-order valence-electron chi connectivity index (χ2n) is 20.6. The average Bonchev–Trinajstić information content (AvgIpc) is 3.41. The molecule has 0 spiro atoms. The van der Waals surface area contributed by atoms with Crippen LogP contribution in [0.25, 0.3) is 0 Å². The lowest BCUT2D eigenvalue weighted by molar-refractivity contribution is -0.167. The highest BCUT2D eigenvalue weighted by Crippen LogP contribution is 2.15. The molecule has 0 fully saturated rings. The van der Waals surface area contributed by atoms with Gasteiger partial charge in [-0.15, -0.1) is 0 Å². The van der Waals surface area contributed by atoms with E-state index in [1.54, 1.807) is 0 Å². The van der Waals surface area contributed by atoms with E-state index in [0.29, 0.717) is 19.3 Å². The van der Waals surface area contributed by atoms with Gasteiger partial charge in [0, 0.05) is 19.3 Å². The lowest BCUT2D eigenvalue weighted by Gasteiger charge is -2.18. The van der Waals surface area contributed by atoms with Crippen molar-refractivity contribution in [3.63, 3.8) is 0 Å². The van der Waals surface area contributed by atoms with Crippen molar-refractivity contribution in [2.45, 2.75) is 297 Å². The minimum absolute atomic E-state index is 0.104. The van der Waals surface area contributed by atoms with E-state index in [1.165, 1.54) is 141 Å². The van der Waals surface area contributed by atoms with Gasteiger partial charge in [-0.25, -0.2) is 0 Å². The SMILES string of the molecule is CC/C=C\C/C=C\C/C=C\C/C=C\C/C=C\CCCC(=O)OCC(COC(=O)CCCCCCCC/C=C\C/C=C\C/C=C\CCCCCCC)OC(=O)CCCCCCCCCCC/C=C\CCCCCCCC. The van der Waals surface area contributed by atoms with Crippen LogP contribution in [0, 0.1) is 0 Å². The Morgan fingerprint density at radius 1 is 0.280 bits per heavy atom. The molecular weight excluding hydrogens is 925 g/mol. The van der Waals surface area contributed by atoms with E-state index in [0.717, 1.165) is 103 Å². The van der Waals surface area contributed by atoms with Crippen molar-refractivity contribution in [3.05, 3.63) is 109 Å². The van der Waals surface area contributed by atoms with Crippen molar-refractivity contribution in [1.82, 2.24) is 0 Å². The number of hydrogen-bond donors (Lipinski definition) is 0. The van der Waals surface area contributed by atoms with Crippen LogP contribution >= 0.6 is 0 Å². The van der Waals surface area contributed by atoms with Gasteiger partial charge in [0.2, 0.25) is 0 Å². The minimum Gasteiger partial charge on any atom is -0.462 e. The van der Waals surface area contributed by atoms with Crippen molar-refractivity contribution in [2.24, 2.45) is 0 Å². The summed E-state index contributed by atoms with van der Waals surface area (Å²) in [6.07, 6.45) is 85.2. The predicted octanol–water partition coefficient (Wildman–Crippen LogP) is 21.4. The maximum atomic E-state index is 12.9. The zero-order chi connectivity index (χ0) is 54.3. The first kappa shape index (κ1) is 71.1. The van der Waals surface area contributed by atoms with E-state index in [2.05, 4.69) is 130 Å². The van der Waals surface area contributed by atoms with Crippen LogP contribution in [0.2, 0.25) is 0 Å². The van der Waals surface area contributed by atoms with Crippen LogP contribution in [-0.2, 0) is 28.6 Å². The number of carbonyl (C=O) groups is 3. The normalized spacial score (nSPS) is 12.8. The van der Waals surface area contributed by atoms with Gasteiger partial charge < -0.3 is 14.2 Å². The van der Waals surface area contributed by atoms with Gasteiger partial charge in [-0.1, -0.05) is 259 Å². The van der Waals surface area contributed by atoms with Gasteiger partial charge in [0.1, 0.15) is 13.2 Å². The molecule has 0 aliphatic heterocycles. The lowest BCUT2D eigenvalue weighted by atomic mass is 10.1. The lowest BCUT2D eigenvalue weighted by Crippen LogP contribution is -2.30. The van der Waals surface area contributed by atoms with Crippen molar-refractivity contribution in [2.75, 3.05) is 13.2 Å². The minimum atomic E-state index is -0.811. The van der Waals surface area contributed by atoms with E-state index in [9.17, 15) is 14.4 Å². The Morgan fingerprint density at radius 3 is 0.880 bits per heavy atom. The molecule has 0 N–H and O–H groups in total. The predicted molar refractivity (Wildman–Crippen MR) is 325 cm³/mol. The molecular formula is C69H116O6. The summed E-state index contributed by atoms with van der Waals surface area (Å²) in [4.78, 5) is 38.3. The van der Waals surface area contributed by atoms with Crippen molar-refractivity contribution in [3.8, 4) is 0 Å². The smallest absolute Gasteiger partial charge is 0.306 e. The number of esters is 3. The zero-order valence-electron chi connectivity index (χ0n) is 49.0. The molecule has 0 rings (SSSR count). The molecule has 6 nitrogen and oxygen atoms in total. The van der Waals surface area contributed by atoms with Gasteiger partial charge in [-0.2, -0.15) is 0 Å². The van der Waals surface area contributed by atoms with Gasteiger partial charge in [-0.3, -0.25) is 14.4 Å². The first-order chi connectivity index (χ1) is 37.0. The van der Waals surface area contributed by atoms with Gasteiger partial charge in [0.15, 0.2) is 6.10 Å². The van der Waals surface area contributed by atoms with Crippen LogP contribution < -0.4 is 0 Å². The fourth-order valence-corrected chi connectivity index (χ4v) is 8.54. The molecule has 0 bridgehead atoms. The quantitative estimate of drug-likeness (QED) is 0.0261. The highest BCUT2D eigenvalue weighted by atomic mass is 16.6. The second-order valence-corrected chi connectivity index (χ2v) is 20.6. The summed E-state index contributed by atoms with van der Waals surface area (Å²) in [7, 11) is 0. The number of allylic oxidation sites excluding steroid dienone is 18. The Balaban J connectivity index is 4.48. The van der Waals surface area contributed by atoms with Crippen LogP contribution in [-0.4, -0.2) is 37.2 Å². The molecule has 0 aromatic carbocycles. The summed E-state index contributed by atoms with van der Waals surface area (Å²) in [5, 5.41) is 0. The molecule has 0 aromatic heterocycles. The Labute approximate surface area is 463 Å². The number of carbonyl (C=O) groups excluding carboxylic acids is 3. The molecule has 75 heavy (non-hydrogen) atoms. The van der Waals surface area contributed by atoms with Crippen LogP contribution in [0.5, 0.6) is 0 Å². The molecule has 428 valence electrons. The van der Waals surface area contributed by atoms with Crippen LogP contribution in [0.4, 0.5) is 0 Å². The summed E-state index contributed by atoms with van der Waals surface area (Å²) in [6.45, 7) is 6.47. The first-order valence-electron chi connectivity index (χ1n) is 31.4. The first-order valence-corrected chi connectivity index (χ1v) is 31.4. The molecule has 0 radical (unpaired) electrons. The topological polar surface area (TPSA) is 78.9 Å². The molecule has 0 aromatic rings. The standard InChI is InChI=1S/C69H116O6/c1-4-7-10-13-16-19-22-25-28-31-33-34-36-38-41-44-47-50-53-56-59-62-68(71)74-65-66(64-73-67(70)61-58-55-52-49-46-43-40-37-30-27-24-21-18-15-12-9-6-3)75-69(72)63-60-57-54-51-48-45-42-39-35-32-29-26-23-20-17-14-11-8-5-2/h9,12,18,21-22,25-27,29-31,33,36,38,40,43,49,52,66H,4-8,10-11,13-17,19-20,23-24,28,32,34-35,37,39,41-42,44-48,50-51,53-65H2,1-3H3/b12-9-,21-18-,25-22-,29-26-,30-27-,33-31-,38-36-,43-40-,52-49-. The van der Waals surface area contributed by atoms with Crippen molar-refractivity contribution >= 4 is 17.9 Å². The van der Waals surface area contributed by atoms with Crippen LogP contribution in [0.1, 0.15) is 290 Å². The van der Waals surface area contributed by atoms with Gasteiger partial charge >= 0.3 is 17.9 Å². The molecule has 0 saturated heterocycles. The monoisotopic (exact) mass is 1040 g/mol. The average molecular weight is 1040 g/mol. The summed E-state index contributed by atoms with van der Waals surface area (Å²) in [6, 6.07) is 0. The van der Waals surface area contributed by atoms with Gasteiger partial charge in [-0.05, 0) is 122 Å². The molecule has 0 aliphatic carbocycles. The molecule has 1 unspecified atom stereocenters. The van der Waals surface area contributed by atoms with Crippen molar-refractivity contribution < 1.29 is 28.6 Å². The maximum absolute atomic E-state index is 12.9. The highest BCUT2D eigenvalue weighted by molar-refractivity contribution is 5.71. The van der Waals surface area contributed by atoms with Crippen LogP contribution in [0.15, 0.2) is 109 Å². The summed E-state index contributed by atoms with van der Waals surface area (Å²) in [5.41, 5.74) is 0. The fourth-order valence-electron chi connectivity index (χ4n) is 8.54. The Hall–Kier alpha value is -3.93. The third kappa shape index (κ3) is 60.8. The number of unbranched alkanes of at least 4 members (excludes halogenated alkanes) is 27. The van der Waals surface area contributed by atoms with E-state index in [1.807, 2.05) is 0 Å². The van der Waals surface area contributed by atoms with E-state index >= 15 is 0 Å². The van der Waals surface area contributed by atoms with Crippen LogP contribution in [0.3, 0.4) is 0 Å². The van der Waals surface area contributed by atoms with Gasteiger partial charge in [0.25, 0.3) is 0 Å². The number of ether oxygens (including phenoxy) is 3. The van der Waals surface area contributed by atoms with Crippen molar-refractivity contribution in [1.29, 1.82) is 0 Å². The molecule has 0 aliphatic rings. The van der Waals surface area contributed by atoms with E-state index in [-0.39, 0.29) is 37.5 Å². The third-order valence-electron chi connectivity index (χ3n) is 13.2. The molecule has 6 heteroatoms. The summed E-state index contributed by atoms with van der Waals surface area (Å²) >= 11 is 0.